The standard InChI is InChI=1S/C63H74F3N9O4/c1-62(2,3)79-61(78)73(38-43-6-12-46(13-7-43)51-18-23-57-52(34-51)35-69-75(57)40-45-4-5-45)39-44-10-16-50(17-11-44)59(77)72-32-26-48(27-33-72)47-24-30-71(31-25-47)37-42-8-14-49(15-9-42)56-41-74(53-19-21-54(76)22-20-53)58-55(56)36-68-60(70-58)67-29-28-63(64,65)66/h6-18,23,34-36,41,45,47-48,53-54,76H,4-5,19-22,24-33,37-40H2,1-3H3,(H,67,68,70). The fourth-order valence-corrected chi connectivity index (χ4v) is 12.1. The minimum Gasteiger partial charge on any atom is -0.444 e. The van der Waals surface area contributed by atoms with Gasteiger partial charge in [-0.2, -0.15) is 23.3 Å². The van der Waals surface area contributed by atoms with Crippen molar-refractivity contribution in [3.63, 3.8) is 0 Å². The Labute approximate surface area is 461 Å². The maximum absolute atomic E-state index is 13.9. The lowest BCUT2D eigenvalue weighted by Gasteiger charge is -2.40. The van der Waals surface area contributed by atoms with Gasteiger partial charge >= 0.3 is 12.3 Å². The Hall–Kier alpha value is -6.78. The minimum absolute atomic E-state index is 0.0509. The van der Waals surface area contributed by atoms with Gasteiger partial charge in [0.25, 0.3) is 5.91 Å². The van der Waals surface area contributed by atoms with E-state index in [0.29, 0.717) is 49.0 Å². The second kappa shape index (κ2) is 23.1. The molecule has 2 aliphatic carbocycles. The van der Waals surface area contributed by atoms with Crippen molar-refractivity contribution < 1.29 is 32.6 Å². The van der Waals surface area contributed by atoms with Gasteiger partial charge in [0.05, 0.1) is 24.2 Å². The van der Waals surface area contributed by atoms with Crippen LogP contribution in [0.2, 0.25) is 0 Å². The van der Waals surface area contributed by atoms with E-state index in [1.807, 2.05) is 56.1 Å². The molecule has 0 radical (unpaired) electrons. The van der Waals surface area contributed by atoms with Crippen molar-refractivity contribution in [2.75, 3.05) is 38.0 Å². The van der Waals surface area contributed by atoms with Crippen molar-refractivity contribution in [3.8, 4) is 22.3 Å². The van der Waals surface area contributed by atoms with Crippen molar-refractivity contribution in [1.29, 1.82) is 0 Å². The second-order valence-electron chi connectivity index (χ2n) is 23.8. The number of aliphatic hydroxyl groups excluding tert-OH is 1. The highest BCUT2D eigenvalue weighted by atomic mass is 19.4. The van der Waals surface area contributed by atoms with Crippen LogP contribution in [0.5, 0.6) is 0 Å². The molecule has 16 heteroatoms. The molecule has 2 aliphatic heterocycles. The van der Waals surface area contributed by atoms with E-state index in [9.17, 15) is 27.9 Å². The lowest BCUT2D eigenvalue weighted by Crippen LogP contribution is -2.42. The van der Waals surface area contributed by atoms with E-state index in [0.717, 1.165) is 128 Å². The number of rotatable bonds is 16. The molecule has 0 unspecified atom stereocenters. The molecular formula is C63H74F3N9O4. The summed E-state index contributed by atoms with van der Waals surface area (Å²) in [5, 5.41) is 19.6. The van der Waals surface area contributed by atoms with E-state index in [-0.39, 0.29) is 36.6 Å². The number of piperidine rings is 2. The maximum atomic E-state index is 13.9. The summed E-state index contributed by atoms with van der Waals surface area (Å²) in [4.78, 5) is 42.9. The molecule has 2 saturated carbocycles. The lowest BCUT2D eigenvalue weighted by atomic mass is 9.78. The fraction of sp³-hybridized carbons (Fsp3) is 0.476. The Kier molecular flexibility index (Phi) is 15.9. The molecule has 5 heterocycles. The van der Waals surface area contributed by atoms with Gasteiger partial charge in [0.2, 0.25) is 5.95 Å². The number of aliphatic hydroxyl groups is 1. The number of alkyl halides is 3. The molecule has 13 nitrogen and oxygen atoms in total. The number of amides is 2. The average molecular weight is 1080 g/mol. The number of nitrogens with one attached hydrogen (secondary N) is 1. The van der Waals surface area contributed by atoms with E-state index < -0.39 is 18.2 Å². The normalized spacial score (nSPS) is 19.1. The van der Waals surface area contributed by atoms with Crippen LogP contribution in [0.15, 0.2) is 110 Å². The van der Waals surface area contributed by atoms with E-state index >= 15 is 0 Å². The van der Waals surface area contributed by atoms with Gasteiger partial charge in [-0.3, -0.25) is 19.3 Å². The van der Waals surface area contributed by atoms with E-state index in [2.05, 4.69) is 102 Å². The summed E-state index contributed by atoms with van der Waals surface area (Å²) in [7, 11) is 0. The summed E-state index contributed by atoms with van der Waals surface area (Å²) in [5.41, 5.74) is 9.24. The highest BCUT2D eigenvalue weighted by molar-refractivity contribution is 5.95. The first kappa shape index (κ1) is 54.2. The number of ether oxygens (including phenoxy) is 1. The van der Waals surface area contributed by atoms with Crippen molar-refractivity contribution >= 4 is 39.9 Å². The molecule has 416 valence electrons. The smallest absolute Gasteiger partial charge is 0.410 e. The highest BCUT2D eigenvalue weighted by Gasteiger charge is 2.33. The Balaban J connectivity index is 0.654. The number of halogens is 3. The molecule has 2 N–H and O–H groups in total. The predicted octanol–water partition coefficient (Wildman–Crippen LogP) is 13.1. The number of nitrogens with zero attached hydrogens (tertiary/aromatic N) is 8. The van der Waals surface area contributed by atoms with Crippen LogP contribution in [-0.2, 0) is 30.9 Å². The Morgan fingerprint density at radius 1 is 0.734 bits per heavy atom. The molecule has 7 aromatic rings. The van der Waals surface area contributed by atoms with Crippen LogP contribution >= 0.6 is 0 Å². The molecule has 4 fully saturated rings. The summed E-state index contributed by atoms with van der Waals surface area (Å²) >= 11 is 0. The van der Waals surface area contributed by atoms with Crippen LogP contribution in [0.3, 0.4) is 0 Å². The first-order valence-corrected chi connectivity index (χ1v) is 28.6. The molecule has 0 atom stereocenters. The molecule has 4 aliphatic rings. The van der Waals surface area contributed by atoms with Crippen LogP contribution in [0.4, 0.5) is 23.9 Å². The number of carbonyl (C=O) groups excluding carboxylic acids is 2. The van der Waals surface area contributed by atoms with E-state index in [1.165, 1.54) is 23.9 Å². The topological polar surface area (TPSA) is 134 Å². The second-order valence-corrected chi connectivity index (χ2v) is 23.8. The molecular weight excluding hydrogens is 1000 g/mol. The molecule has 11 rings (SSSR count). The van der Waals surface area contributed by atoms with Gasteiger partial charge < -0.3 is 24.6 Å². The van der Waals surface area contributed by atoms with Crippen molar-refractivity contribution in [1.82, 2.24) is 39.0 Å². The average Bonchev–Trinajstić information content (AvgIpc) is 4.30. The van der Waals surface area contributed by atoms with Gasteiger partial charge in [-0.15, -0.1) is 0 Å². The number of carbonyl (C=O) groups is 2. The van der Waals surface area contributed by atoms with Gasteiger partial charge in [0, 0.05) is 86.1 Å². The summed E-state index contributed by atoms with van der Waals surface area (Å²) in [6.45, 7) is 11.4. The third kappa shape index (κ3) is 13.5. The molecule has 3 aromatic heterocycles. The van der Waals surface area contributed by atoms with Gasteiger partial charge in [-0.05, 0) is 173 Å². The predicted molar refractivity (Wildman–Crippen MR) is 302 cm³/mol. The molecule has 4 aromatic carbocycles. The van der Waals surface area contributed by atoms with Crippen LogP contribution < -0.4 is 5.32 Å². The third-order valence-corrected chi connectivity index (χ3v) is 16.8. The number of likely N-dealkylation sites (tertiary alicyclic amines) is 2. The Morgan fingerprint density at radius 3 is 2.00 bits per heavy atom. The number of benzene rings is 4. The van der Waals surface area contributed by atoms with Crippen LogP contribution in [0.1, 0.15) is 124 Å². The zero-order valence-electron chi connectivity index (χ0n) is 45.8. The number of hydrogen-bond acceptors (Lipinski definition) is 9. The number of hydrogen-bond donors (Lipinski definition) is 2. The van der Waals surface area contributed by atoms with Gasteiger partial charge in [0.1, 0.15) is 11.2 Å². The van der Waals surface area contributed by atoms with Crippen molar-refractivity contribution in [3.05, 3.63) is 132 Å². The maximum Gasteiger partial charge on any atom is 0.410 e. The quantitative estimate of drug-likeness (QED) is 0.0970. The molecule has 0 bridgehead atoms. The third-order valence-electron chi connectivity index (χ3n) is 16.8. The summed E-state index contributed by atoms with van der Waals surface area (Å²) in [6.07, 6.45) is 9.65. The molecule has 2 amide bonds. The Bertz CT molecular complexity index is 3210. The largest absolute Gasteiger partial charge is 0.444 e. The summed E-state index contributed by atoms with van der Waals surface area (Å²) < 4.78 is 48.8. The van der Waals surface area contributed by atoms with Crippen LogP contribution in [-0.4, -0.2) is 107 Å². The first-order chi connectivity index (χ1) is 38.0. The van der Waals surface area contributed by atoms with E-state index in [4.69, 9.17) is 9.72 Å². The SMILES string of the molecule is CC(C)(C)OC(=O)N(Cc1ccc(C(=O)N2CCC(C3CCN(Cc4ccc(-c5cn(C6CCC(O)CC6)c6nc(NCCC(F)(F)F)ncc56)cc4)CC3)CC2)cc1)Cc1ccc(-c2ccc3c(cnn3CC3CC3)c2)cc1. The first-order valence-electron chi connectivity index (χ1n) is 28.6. The molecule has 79 heavy (non-hydrogen) atoms. The minimum atomic E-state index is -4.27. The molecule has 0 spiro atoms. The van der Waals surface area contributed by atoms with Gasteiger partial charge in [0.15, 0.2) is 0 Å². The monoisotopic (exact) mass is 1080 g/mol. The van der Waals surface area contributed by atoms with Crippen LogP contribution in [0, 0.1) is 17.8 Å². The number of anilines is 1. The van der Waals surface area contributed by atoms with Crippen LogP contribution in [0.25, 0.3) is 44.2 Å². The van der Waals surface area contributed by atoms with E-state index in [1.54, 1.807) is 11.1 Å². The van der Waals surface area contributed by atoms with Gasteiger partial charge in [-0.25, -0.2) is 9.78 Å². The number of aromatic nitrogens is 5. The lowest BCUT2D eigenvalue weighted by molar-refractivity contribution is -0.131. The van der Waals surface area contributed by atoms with Crippen molar-refractivity contribution in [2.45, 2.75) is 142 Å². The Morgan fingerprint density at radius 2 is 1.35 bits per heavy atom. The highest BCUT2D eigenvalue weighted by Crippen LogP contribution is 2.39. The summed E-state index contributed by atoms with van der Waals surface area (Å²) in [5.74, 6) is 2.21. The zero-order chi connectivity index (χ0) is 54.8. The summed E-state index contributed by atoms with van der Waals surface area (Å²) in [6, 6.07) is 31.4. The zero-order valence-corrected chi connectivity index (χ0v) is 45.8. The number of fused-ring (bicyclic) bond motifs is 2. The fourth-order valence-electron chi connectivity index (χ4n) is 12.1. The molecule has 2 saturated heterocycles. The van der Waals surface area contributed by atoms with Crippen molar-refractivity contribution in [2.24, 2.45) is 17.8 Å². The van der Waals surface area contributed by atoms with Gasteiger partial charge in [-0.1, -0.05) is 66.7 Å².